The maximum Gasteiger partial charge on any atom is 0.0741 e. The average molecular weight is 262 g/mol. The van der Waals surface area contributed by atoms with Crippen LogP contribution in [0.1, 0.15) is 19.3 Å². The molecule has 0 aromatic heterocycles. The lowest BCUT2D eigenvalue weighted by molar-refractivity contribution is 0.122. The molecule has 2 N–H and O–H groups in total. The molecule has 1 saturated carbocycles. The molecule has 0 unspecified atom stereocenters. The van der Waals surface area contributed by atoms with E-state index in [9.17, 15) is 5.11 Å². The van der Waals surface area contributed by atoms with Crippen molar-refractivity contribution in [1.29, 1.82) is 0 Å². The van der Waals surface area contributed by atoms with Crippen molar-refractivity contribution in [3.8, 4) is 0 Å². The molecule has 2 aliphatic rings. The first-order valence-electron chi connectivity index (χ1n) is 7.20. The van der Waals surface area contributed by atoms with E-state index in [2.05, 4.69) is 34.5 Å². The van der Waals surface area contributed by atoms with E-state index in [-0.39, 0.29) is 12.1 Å². The highest BCUT2D eigenvalue weighted by molar-refractivity contribution is 5.55. The van der Waals surface area contributed by atoms with Crippen molar-refractivity contribution < 1.29 is 9.84 Å². The Labute approximate surface area is 114 Å². The van der Waals surface area contributed by atoms with Crippen LogP contribution in [0.5, 0.6) is 0 Å². The predicted octanol–water partition coefficient (Wildman–Crippen LogP) is 1.85. The van der Waals surface area contributed by atoms with Gasteiger partial charge in [0.1, 0.15) is 0 Å². The Bertz CT molecular complexity index is 401. The number of ether oxygens (including phenoxy) is 1. The molecule has 0 radical (unpaired) electrons. The maximum absolute atomic E-state index is 9.82. The first-order chi connectivity index (χ1) is 9.33. The van der Waals surface area contributed by atoms with E-state index in [0.717, 1.165) is 51.3 Å². The summed E-state index contributed by atoms with van der Waals surface area (Å²) in [5.74, 6) is 0. The summed E-state index contributed by atoms with van der Waals surface area (Å²) < 4.78 is 5.36. The lowest BCUT2D eigenvalue weighted by Crippen LogP contribution is -2.36. The van der Waals surface area contributed by atoms with Crippen LogP contribution >= 0.6 is 0 Å². The number of benzene rings is 1. The number of hydrogen-bond acceptors (Lipinski definition) is 4. The molecule has 4 nitrogen and oxygen atoms in total. The van der Waals surface area contributed by atoms with Gasteiger partial charge in [-0.15, -0.1) is 0 Å². The van der Waals surface area contributed by atoms with Crippen LogP contribution in [0.3, 0.4) is 0 Å². The summed E-state index contributed by atoms with van der Waals surface area (Å²) in [7, 11) is 0. The highest BCUT2D eigenvalue weighted by Crippen LogP contribution is 2.24. The van der Waals surface area contributed by atoms with Gasteiger partial charge in [0.15, 0.2) is 0 Å². The van der Waals surface area contributed by atoms with Crippen LogP contribution in [0, 0.1) is 0 Å². The quantitative estimate of drug-likeness (QED) is 0.872. The van der Waals surface area contributed by atoms with Gasteiger partial charge in [-0.3, -0.25) is 0 Å². The van der Waals surface area contributed by atoms with E-state index >= 15 is 0 Å². The van der Waals surface area contributed by atoms with E-state index < -0.39 is 0 Å². The molecule has 1 aliphatic carbocycles. The lowest BCUT2D eigenvalue weighted by atomic mass is 10.2. The van der Waals surface area contributed by atoms with Crippen LogP contribution in [0.2, 0.25) is 0 Å². The molecule has 3 rings (SSSR count). The number of hydrogen-bond donors (Lipinski definition) is 2. The van der Waals surface area contributed by atoms with Gasteiger partial charge >= 0.3 is 0 Å². The monoisotopic (exact) mass is 262 g/mol. The van der Waals surface area contributed by atoms with Crippen molar-refractivity contribution in [1.82, 2.24) is 0 Å². The Kier molecular flexibility index (Phi) is 3.89. The van der Waals surface area contributed by atoms with Crippen LogP contribution in [-0.2, 0) is 4.74 Å². The van der Waals surface area contributed by atoms with Gasteiger partial charge < -0.3 is 20.1 Å². The number of anilines is 2. The normalized spacial score (nSPS) is 27.5. The van der Waals surface area contributed by atoms with E-state index in [1.807, 2.05) is 0 Å². The van der Waals surface area contributed by atoms with Gasteiger partial charge in [-0.2, -0.15) is 0 Å². The first-order valence-corrected chi connectivity index (χ1v) is 7.20. The Hall–Kier alpha value is -1.26. The zero-order valence-electron chi connectivity index (χ0n) is 11.2. The molecular weight excluding hydrogens is 240 g/mol. The Morgan fingerprint density at radius 3 is 2.47 bits per heavy atom. The fourth-order valence-electron chi connectivity index (χ4n) is 2.91. The van der Waals surface area contributed by atoms with Crippen LogP contribution in [0.25, 0.3) is 0 Å². The molecule has 0 amide bonds. The summed E-state index contributed by atoms with van der Waals surface area (Å²) in [6, 6.07) is 8.73. The van der Waals surface area contributed by atoms with Crippen molar-refractivity contribution in [3.63, 3.8) is 0 Å². The molecule has 2 atom stereocenters. The second-order valence-corrected chi connectivity index (χ2v) is 5.40. The molecule has 104 valence electrons. The standard InChI is InChI=1S/C15H22N2O2/c18-15-3-1-2-14(15)16-12-4-6-13(7-5-12)17-8-10-19-11-9-17/h4-7,14-16,18H,1-3,8-11H2/t14-,15-/m1/s1. The summed E-state index contributed by atoms with van der Waals surface area (Å²) in [4.78, 5) is 2.34. The van der Waals surface area contributed by atoms with E-state index in [0.29, 0.717) is 0 Å². The number of nitrogens with one attached hydrogen (secondary N) is 1. The molecule has 19 heavy (non-hydrogen) atoms. The van der Waals surface area contributed by atoms with Gasteiger partial charge in [0.2, 0.25) is 0 Å². The summed E-state index contributed by atoms with van der Waals surface area (Å²) in [5, 5.41) is 13.3. The second kappa shape index (κ2) is 5.80. The fraction of sp³-hybridized carbons (Fsp3) is 0.600. The van der Waals surface area contributed by atoms with Crippen LogP contribution in [0.15, 0.2) is 24.3 Å². The van der Waals surface area contributed by atoms with Crippen LogP contribution in [0.4, 0.5) is 11.4 Å². The van der Waals surface area contributed by atoms with Gasteiger partial charge in [-0.1, -0.05) is 0 Å². The van der Waals surface area contributed by atoms with Gasteiger partial charge in [-0.05, 0) is 43.5 Å². The summed E-state index contributed by atoms with van der Waals surface area (Å²) >= 11 is 0. The summed E-state index contributed by atoms with van der Waals surface area (Å²) in [6.45, 7) is 3.56. The largest absolute Gasteiger partial charge is 0.391 e. The molecular formula is C15H22N2O2. The molecule has 4 heteroatoms. The van der Waals surface area contributed by atoms with Gasteiger partial charge in [0.25, 0.3) is 0 Å². The maximum atomic E-state index is 9.82. The fourth-order valence-corrected chi connectivity index (χ4v) is 2.91. The third-order valence-electron chi connectivity index (χ3n) is 4.08. The van der Waals surface area contributed by atoms with Crippen molar-refractivity contribution in [2.24, 2.45) is 0 Å². The average Bonchev–Trinajstić information content (AvgIpc) is 2.86. The third-order valence-corrected chi connectivity index (χ3v) is 4.08. The topological polar surface area (TPSA) is 44.7 Å². The number of aliphatic hydroxyl groups excluding tert-OH is 1. The summed E-state index contributed by atoms with van der Waals surface area (Å²) in [5.41, 5.74) is 2.35. The Morgan fingerprint density at radius 1 is 1.11 bits per heavy atom. The highest BCUT2D eigenvalue weighted by Gasteiger charge is 2.24. The summed E-state index contributed by atoms with van der Waals surface area (Å²) in [6.07, 6.45) is 2.90. The molecule has 1 saturated heterocycles. The van der Waals surface area contributed by atoms with E-state index in [1.165, 1.54) is 5.69 Å². The number of nitrogens with zero attached hydrogens (tertiary/aromatic N) is 1. The lowest BCUT2D eigenvalue weighted by Gasteiger charge is -2.29. The zero-order valence-corrected chi connectivity index (χ0v) is 11.2. The van der Waals surface area contributed by atoms with Crippen molar-refractivity contribution >= 4 is 11.4 Å². The van der Waals surface area contributed by atoms with E-state index in [4.69, 9.17) is 4.74 Å². The van der Waals surface area contributed by atoms with Crippen molar-refractivity contribution in [3.05, 3.63) is 24.3 Å². The Balaban J connectivity index is 1.61. The van der Waals surface area contributed by atoms with Crippen LogP contribution < -0.4 is 10.2 Å². The van der Waals surface area contributed by atoms with Crippen LogP contribution in [-0.4, -0.2) is 43.6 Å². The predicted molar refractivity (Wildman–Crippen MR) is 76.7 cm³/mol. The zero-order chi connectivity index (χ0) is 13.1. The number of morpholine rings is 1. The third kappa shape index (κ3) is 3.01. The molecule has 0 spiro atoms. The van der Waals surface area contributed by atoms with Gasteiger partial charge in [0, 0.05) is 24.5 Å². The van der Waals surface area contributed by atoms with Crippen molar-refractivity contribution in [2.45, 2.75) is 31.4 Å². The van der Waals surface area contributed by atoms with Gasteiger partial charge in [0.05, 0.1) is 25.4 Å². The highest BCUT2D eigenvalue weighted by atomic mass is 16.5. The minimum Gasteiger partial charge on any atom is -0.391 e. The molecule has 1 heterocycles. The molecule has 1 aromatic rings. The SMILES string of the molecule is O[C@@H]1CCC[C@H]1Nc1ccc(N2CCOCC2)cc1. The smallest absolute Gasteiger partial charge is 0.0741 e. The van der Waals surface area contributed by atoms with Gasteiger partial charge in [-0.25, -0.2) is 0 Å². The van der Waals surface area contributed by atoms with E-state index in [1.54, 1.807) is 0 Å². The number of aliphatic hydroxyl groups is 1. The second-order valence-electron chi connectivity index (χ2n) is 5.40. The molecule has 1 aliphatic heterocycles. The minimum atomic E-state index is -0.195. The van der Waals surface area contributed by atoms with Crippen molar-refractivity contribution in [2.75, 3.05) is 36.5 Å². The first kappa shape index (κ1) is 12.8. The Morgan fingerprint density at radius 2 is 1.84 bits per heavy atom. The minimum absolute atomic E-state index is 0.195. The number of rotatable bonds is 3. The molecule has 0 bridgehead atoms. The molecule has 1 aromatic carbocycles. The molecule has 2 fully saturated rings.